The highest BCUT2D eigenvalue weighted by Crippen LogP contribution is 2.42. The number of anilines is 1. The predicted octanol–water partition coefficient (Wildman–Crippen LogP) is 0.893. The van der Waals surface area contributed by atoms with Crippen LogP contribution < -0.4 is 5.73 Å². The van der Waals surface area contributed by atoms with Gasteiger partial charge in [-0.2, -0.15) is 0 Å². The molecule has 5 heteroatoms. The molecule has 1 aromatic carbocycles. The van der Waals surface area contributed by atoms with Crippen molar-refractivity contribution < 1.29 is 9.76 Å². The van der Waals surface area contributed by atoms with Gasteiger partial charge in [0.25, 0.3) is 0 Å². The molecule has 3 unspecified atom stereocenters. The first-order valence-electron chi connectivity index (χ1n) is 6.10. The van der Waals surface area contributed by atoms with E-state index >= 15 is 0 Å². The second-order valence-corrected chi connectivity index (χ2v) is 4.98. The molecule has 2 bridgehead atoms. The summed E-state index contributed by atoms with van der Waals surface area (Å²) in [4.78, 5) is 2.11. The van der Waals surface area contributed by atoms with Gasteiger partial charge in [0.05, 0.1) is 12.2 Å². The Hall–Kier alpha value is -1.04. The van der Waals surface area contributed by atoms with Crippen LogP contribution in [0.2, 0.25) is 6.82 Å². The molecule has 0 amide bonds. The average molecular weight is 232 g/mol. The Labute approximate surface area is 101 Å². The number of hydrogen-bond acceptors (Lipinski definition) is 4. The van der Waals surface area contributed by atoms with Crippen molar-refractivity contribution >= 4 is 12.7 Å². The fourth-order valence-corrected chi connectivity index (χ4v) is 3.01. The number of rotatable bonds is 2. The SMILES string of the molecule is CB(O)N1CC2CC1C(c1cccc(N)c1)O2. The Bertz CT molecular complexity index is 427. The van der Waals surface area contributed by atoms with Crippen molar-refractivity contribution in [2.24, 2.45) is 0 Å². The molecule has 0 radical (unpaired) electrons. The highest BCUT2D eigenvalue weighted by molar-refractivity contribution is 6.45. The lowest BCUT2D eigenvalue weighted by Gasteiger charge is -2.34. The fraction of sp³-hybridized carbons (Fsp3) is 0.500. The van der Waals surface area contributed by atoms with Gasteiger partial charge >= 0.3 is 7.05 Å². The number of nitrogen functional groups attached to an aromatic ring is 1. The van der Waals surface area contributed by atoms with Crippen LogP contribution in [-0.2, 0) is 4.74 Å². The van der Waals surface area contributed by atoms with Crippen molar-refractivity contribution in [3.8, 4) is 0 Å². The molecule has 3 N–H and O–H groups in total. The van der Waals surface area contributed by atoms with Gasteiger partial charge in [0.15, 0.2) is 0 Å². The van der Waals surface area contributed by atoms with Gasteiger partial charge in [-0.1, -0.05) is 12.1 Å². The van der Waals surface area contributed by atoms with Crippen LogP contribution >= 0.6 is 0 Å². The minimum Gasteiger partial charge on any atom is -0.437 e. The molecule has 0 aliphatic carbocycles. The number of benzene rings is 1. The van der Waals surface area contributed by atoms with Crippen molar-refractivity contribution in [1.82, 2.24) is 4.81 Å². The molecule has 4 nitrogen and oxygen atoms in total. The van der Waals surface area contributed by atoms with Gasteiger partial charge in [-0.3, -0.25) is 0 Å². The van der Waals surface area contributed by atoms with Crippen molar-refractivity contribution in [2.45, 2.75) is 31.5 Å². The van der Waals surface area contributed by atoms with Gasteiger partial charge in [-0.15, -0.1) is 0 Å². The second kappa shape index (κ2) is 4.01. The lowest BCUT2D eigenvalue weighted by atomic mass is 9.82. The van der Waals surface area contributed by atoms with Gasteiger partial charge in [0.2, 0.25) is 0 Å². The number of hydrogen-bond donors (Lipinski definition) is 2. The van der Waals surface area contributed by atoms with Crippen LogP contribution in [0.15, 0.2) is 24.3 Å². The number of nitrogens with zero attached hydrogens (tertiary/aromatic N) is 1. The highest BCUT2D eigenvalue weighted by atomic mass is 16.5. The third-order valence-corrected chi connectivity index (χ3v) is 3.75. The molecule has 2 saturated heterocycles. The summed E-state index contributed by atoms with van der Waals surface area (Å²) < 4.78 is 5.97. The van der Waals surface area contributed by atoms with E-state index in [1.807, 2.05) is 31.1 Å². The van der Waals surface area contributed by atoms with Crippen LogP contribution in [0.4, 0.5) is 5.69 Å². The van der Waals surface area contributed by atoms with Gasteiger partial charge in [0.1, 0.15) is 0 Å². The summed E-state index contributed by atoms with van der Waals surface area (Å²) in [5.41, 5.74) is 7.68. The van der Waals surface area contributed by atoms with E-state index < -0.39 is 7.05 Å². The van der Waals surface area contributed by atoms with E-state index in [2.05, 4.69) is 4.81 Å². The van der Waals surface area contributed by atoms with E-state index in [1.165, 1.54) is 0 Å². The summed E-state index contributed by atoms with van der Waals surface area (Å²) in [5.74, 6) is 0. The molecular weight excluding hydrogens is 215 g/mol. The van der Waals surface area contributed by atoms with E-state index in [0.29, 0.717) is 0 Å². The van der Waals surface area contributed by atoms with Crippen molar-refractivity contribution in [3.05, 3.63) is 29.8 Å². The van der Waals surface area contributed by atoms with Crippen LogP contribution in [0, 0.1) is 0 Å². The third kappa shape index (κ3) is 1.84. The summed E-state index contributed by atoms with van der Waals surface area (Å²) in [6, 6.07) is 8.12. The minimum atomic E-state index is -0.405. The van der Waals surface area contributed by atoms with Crippen LogP contribution in [0.1, 0.15) is 18.1 Å². The predicted molar refractivity (Wildman–Crippen MR) is 67.4 cm³/mol. The van der Waals surface area contributed by atoms with Gasteiger partial charge in [-0.05, 0) is 30.9 Å². The minimum absolute atomic E-state index is 0.0480. The zero-order valence-electron chi connectivity index (χ0n) is 9.91. The van der Waals surface area contributed by atoms with E-state index in [9.17, 15) is 5.02 Å². The monoisotopic (exact) mass is 232 g/mol. The van der Waals surface area contributed by atoms with Gasteiger partial charge in [-0.25, -0.2) is 0 Å². The fourth-order valence-electron chi connectivity index (χ4n) is 3.01. The normalized spacial score (nSPS) is 32.0. The quantitative estimate of drug-likeness (QED) is 0.587. The lowest BCUT2D eigenvalue weighted by Crippen LogP contribution is -2.46. The summed E-state index contributed by atoms with van der Waals surface area (Å²) in [7, 11) is -0.405. The van der Waals surface area contributed by atoms with Crippen molar-refractivity contribution in [2.75, 3.05) is 12.3 Å². The average Bonchev–Trinajstić information content (AvgIpc) is 2.88. The smallest absolute Gasteiger partial charge is 0.376 e. The molecule has 2 fully saturated rings. The lowest BCUT2D eigenvalue weighted by molar-refractivity contribution is -0.0151. The van der Waals surface area contributed by atoms with E-state index in [4.69, 9.17) is 10.5 Å². The number of nitrogens with two attached hydrogens (primary N) is 1. The standard InChI is InChI=1S/C12H17BN2O2/c1-13(16)15-7-10-6-11(15)12(17-10)8-3-2-4-9(14)5-8/h2-5,10-12,16H,6-7,14H2,1H3. The number of fused-ring (bicyclic) bond motifs is 2. The molecule has 0 spiro atoms. The first kappa shape index (κ1) is 11.1. The highest BCUT2D eigenvalue weighted by Gasteiger charge is 2.48. The van der Waals surface area contributed by atoms with Crippen LogP contribution in [0.25, 0.3) is 0 Å². The zero-order chi connectivity index (χ0) is 12.0. The molecule has 2 aliphatic heterocycles. The molecule has 90 valence electrons. The zero-order valence-corrected chi connectivity index (χ0v) is 9.91. The summed E-state index contributed by atoms with van der Waals surface area (Å²) in [5, 5.41) is 9.74. The van der Waals surface area contributed by atoms with E-state index in [0.717, 1.165) is 24.2 Å². The largest absolute Gasteiger partial charge is 0.437 e. The Morgan fingerprint density at radius 3 is 3.00 bits per heavy atom. The summed E-state index contributed by atoms with van der Waals surface area (Å²) in [6.07, 6.45) is 1.30. The van der Waals surface area contributed by atoms with E-state index in [1.54, 1.807) is 0 Å². The Balaban J connectivity index is 1.86. The molecule has 2 aliphatic rings. The third-order valence-electron chi connectivity index (χ3n) is 3.75. The molecule has 0 aromatic heterocycles. The first-order valence-corrected chi connectivity index (χ1v) is 6.10. The van der Waals surface area contributed by atoms with E-state index in [-0.39, 0.29) is 18.2 Å². The van der Waals surface area contributed by atoms with Gasteiger partial charge < -0.3 is 20.3 Å². The Morgan fingerprint density at radius 1 is 1.53 bits per heavy atom. The molecule has 1 aromatic rings. The van der Waals surface area contributed by atoms with Gasteiger partial charge in [0, 0.05) is 18.3 Å². The van der Waals surface area contributed by atoms with Crippen molar-refractivity contribution in [3.63, 3.8) is 0 Å². The topological polar surface area (TPSA) is 58.7 Å². The molecule has 0 saturated carbocycles. The summed E-state index contributed by atoms with van der Waals surface area (Å²) in [6.45, 7) is 2.65. The van der Waals surface area contributed by atoms with Crippen LogP contribution in [-0.4, -0.2) is 35.6 Å². The molecule has 2 heterocycles. The first-order chi connectivity index (χ1) is 8.15. The molecule has 3 rings (SSSR count). The second-order valence-electron chi connectivity index (χ2n) is 4.98. The maximum absolute atomic E-state index is 9.74. The maximum Gasteiger partial charge on any atom is 0.376 e. The van der Waals surface area contributed by atoms with Crippen molar-refractivity contribution in [1.29, 1.82) is 0 Å². The number of morpholine rings is 1. The molecule has 17 heavy (non-hydrogen) atoms. The Kier molecular flexibility index (Phi) is 2.62. The summed E-state index contributed by atoms with van der Waals surface area (Å²) >= 11 is 0. The Morgan fingerprint density at radius 2 is 2.35 bits per heavy atom. The maximum atomic E-state index is 9.74. The molecule has 3 atom stereocenters. The molecular formula is C12H17BN2O2. The number of ether oxygens (including phenoxy) is 1. The van der Waals surface area contributed by atoms with Crippen LogP contribution in [0.5, 0.6) is 0 Å². The van der Waals surface area contributed by atoms with Crippen LogP contribution in [0.3, 0.4) is 0 Å².